The normalized spacial score (nSPS) is 15.4. The molecule has 0 bridgehead atoms. The van der Waals surface area contributed by atoms with E-state index in [4.69, 9.17) is 4.74 Å². The number of amides is 3. The van der Waals surface area contributed by atoms with Gasteiger partial charge in [-0.1, -0.05) is 12.8 Å². The van der Waals surface area contributed by atoms with Crippen molar-refractivity contribution < 1.29 is 19.1 Å². The zero-order valence-electron chi connectivity index (χ0n) is 25.4. The SMILES string of the molecule is Cc1ncc(NC(=O)CN(C(=O)OC(C)(C)C)C2CCCC2)cc1NC(=O)c1cnn2cc(-c3cnn(C4CC4)c3)ncc12. The molecule has 6 rings (SSSR count). The molecule has 4 aromatic rings. The van der Waals surface area contributed by atoms with Crippen LogP contribution in [0.2, 0.25) is 0 Å². The van der Waals surface area contributed by atoms with Gasteiger partial charge in [0.05, 0.1) is 70.9 Å². The summed E-state index contributed by atoms with van der Waals surface area (Å²) in [5.74, 6) is -0.764. The molecular formula is C31H37N9O4. The summed E-state index contributed by atoms with van der Waals surface area (Å²) in [4.78, 5) is 49.7. The molecule has 2 fully saturated rings. The number of hydrogen-bond acceptors (Lipinski definition) is 8. The van der Waals surface area contributed by atoms with E-state index in [-0.39, 0.29) is 24.4 Å². The molecule has 2 saturated carbocycles. The lowest BCUT2D eigenvalue weighted by Gasteiger charge is -2.31. The van der Waals surface area contributed by atoms with Gasteiger partial charge in [0.2, 0.25) is 5.91 Å². The molecule has 0 aromatic carbocycles. The van der Waals surface area contributed by atoms with Crippen molar-refractivity contribution in [2.75, 3.05) is 17.2 Å². The quantitative estimate of drug-likeness (QED) is 0.287. The summed E-state index contributed by atoms with van der Waals surface area (Å²) in [7, 11) is 0. The first-order chi connectivity index (χ1) is 21.0. The van der Waals surface area contributed by atoms with Gasteiger partial charge in [0.15, 0.2) is 0 Å². The second-order valence-electron chi connectivity index (χ2n) is 12.5. The molecule has 2 N–H and O–H groups in total. The van der Waals surface area contributed by atoms with Crippen LogP contribution >= 0.6 is 0 Å². The van der Waals surface area contributed by atoms with Gasteiger partial charge in [0.25, 0.3) is 5.91 Å². The molecule has 2 aliphatic carbocycles. The van der Waals surface area contributed by atoms with E-state index in [1.165, 1.54) is 17.3 Å². The molecule has 44 heavy (non-hydrogen) atoms. The number of aromatic nitrogens is 6. The molecule has 3 amide bonds. The molecule has 4 heterocycles. The standard InChI is InChI=1S/C31H37N9O4/c1-19-25(11-21(13-32-19)36-28(41)18-38(22-7-5-6-8-22)30(43)44-31(2,3)4)37-29(42)24-14-35-40-17-26(33-15-27(24)40)20-12-34-39(16-20)23-9-10-23/h11-17,22-23H,5-10,18H2,1-4H3,(H,36,41)(H,37,42). The molecule has 0 aliphatic heterocycles. The Morgan fingerprint density at radius 3 is 2.48 bits per heavy atom. The Kier molecular flexibility index (Phi) is 7.78. The number of nitrogens with one attached hydrogen (secondary N) is 2. The Bertz CT molecular complexity index is 1710. The van der Waals surface area contributed by atoms with Gasteiger partial charge in [0, 0.05) is 17.8 Å². The van der Waals surface area contributed by atoms with Gasteiger partial charge < -0.3 is 15.4 Å². The number of anilines is 2. The maximum Gasteiger partial charge on any atom is 0.411 e. The van der Waals surface area contributed by atoms with Crippen LogP contribution in [0.1, 0.15) is 81.4 Å². The smallest absolute Gasteiger partial charge is 0.411 e. The fourth-order valence-corrected chi connectivity index (χ4v) is 5.37. The van der Waals surface area contributed by atoms with E-state index in [1.54, 1.807) is 56.9 Å². The zero-order chi connectivity index (χ0) is 31.0. The maximum atomic E-state index is 13.3. The number of hydrogen-bond donors (Lipinski definition) is 2. The lowest BCUT2D eigenvalue weighted by molar-refractivity contribution is -0.117. The molecule has 13 heteroatoms. The second-order valence-corrected chi connectivity index (χ2v) is 12.5. The summed E-state index contributed by atoms with van der Waals surface area (Å²) < 4.78 is 9.16. The van der Waals surface area contributed by atoms with Crippen molar-refractivity contribution in [1.82, 2.24) is 34.3 Å². The van der Waals surface area contributed by atoms with E-state index >= 15 is 0 Å². The first-order valence-electron chi connectivity index (χ1n) is 15.0. The van der Waals surface area contributed by atoms with Crippen molar-refractivity contribution in [1.29, 1.82) is 0 Å². The second kappa shape index (κ2) is 11.7. The van der Waals surface area contributed by atoms with Gasteiger partial charge in [-0.15, -0.1) is 0 Å². The van der Waals surface area contributed by atoms with Crippen molar-refractivity contribution in [2.24, 2.45) is 0 Å². The third-order valence-corrected chi connectivity index (χ3v) is 7.79. The van der Waals surface area contributed by atoms with Crippen LogP contribution in [0.25, 0.3) is 16.8 Å². The molecule has 230 valence electrons. The summed E-state index contributed by atoms with van der Waals surface area (Å²) in [6.45, 7) is 7.03. The Balaban J connectivity index is 1.13. The first kappa shape index (κ1) is 29.3. The number of aryl methyl sites for hydroxylation is 1. The maximum absolute atomic E-state index is 13.3. The number of rotatable bonds is 8. The molecule has 4 aromatic heterocycles. The first-order valence-corrected chi connectivity index (χ1v) is 15.0. The van der Waals surface area contributed by atoms with Crippen LogP contribution in [-0.4, -0.2) is 70.4 Å². The fourth-order valence-electron chi connectivity index (χ4n) is 5.37. The Hall–Kier alpha value is -4.81. The number of nitrogens with zero attached hydrogens (tertiary/aromatic N) is 7. The lowest BCUT2D eigenvalue weighted by atomic mass is 10.2. The Morgan fingerprint density at radius 2 is 1.75 bits per heavy atom. The van der Waals surface area contributed by atoms with E-state index in [0.717, 1.165) is 44.1 Å². The average molecular weight is 600 g/mol. The highest BCUT2D eigenvalue weighted by atomic mass is 16.6. The third-order valence-electron chi connectivity index (χ3n) is 7.79. The highest BCUT2D eigenvalue weighted by molar-refractivity contribution is 6.09. The van der Waals surface area contributed by atoms with E-state index in [1.807, 2.05) is 10.9 Å². The van der Waals surface area contributed by atoms with Crippen LogP contribution in [0.5, 0.6) is 0 Å². The van der Waals surface area contributed by atoms with Crippen molar-refractivity contribution >= 4 is 34.8 Å². The molecule has 0 radical (unpaired) electrons. The number of pyridine rings is 1. The van der Waals surface area contributed by atoms with Gasteiger partial charge in [-0.25, -0.2) is 9.31 Å². The predicted molar refractivity (Wildman–Crippen MR) is 163 cm³/mol. The average Bonchev–Trinajstić information content (AvgIpc) is 3.35. The molecular weight excluding hydrogens is 562 g/mol. The van der Waals surface area contributed by atoms with Crippen molar-refractivity contribution in [3.63, 3.8) is 0 Å². The Morgan fingerprint density at radius 1 is 0.977 bits per heavy atom. The third kappa shape index (κ3) is 6.56. The lowest BCUT2D eigenvalue weighted by Crippen LogP contribution is -2.46. The highest BCUT2D eigenvalue weighted by Gasteiger charge is 2.32. The Labute approximate surface area is 255 Å². The number of ether oxygens (including phenoxy) is 1. The molecule has 0 atom stereocenters. The van der Waals surface area contributed by atoms with E-state index in [9.17, 15) is 14.4 Å². The van der Waals surface area contributed by atoms with Crippen LogP contribution in [0.4, 0.5) is 16.2 Å². The number of fused-ring (bicyclic) bond motifs is 1. The van der Waals surface area contributed by atoms with Gasteiger partial charge >= 0.3 is 6.09 Å². The highest BCUT2D eigenvalue weighted by Crippen LogP contribution is 2.35. The summed E-state index contributed by atoms with van der Waals surface area (Å²) in [6.07, 6.45) is 15.6. The predicted octanol–water partition coefficient (Wildman–Crippen LogP) is 5.00. The summed E-state index contributed by atoms with van der Waals surface area (Å²) in [6, 6.07) is 2.07. The molecule has 0 unspecified atom stereocenters. The van der Waals surface area contributed by atoms with E-state index in [2.05, 4.69) is 30.8 Å². The van der Waals surface area contributed by atoms with Gasteiger partial charge in [-0.3, -0.25) is 29.1 Å². The molecule has 2 aliphatic rings. The minimum Gasteiger partial charge on any atom is -0.444 e. The van der Waals surface area contributed by atoms with Crippen molar-refractivity contribution in [3.8, 4) is 11.3 Å². The van der Waals surface area contributed by atoms with Crippen LogP contribution in [0.15, 0.2) is 43.2 Å². The summed E-state index contributed by atoms with van der Waals surface area (Å²) in [5, 5.41) is 14.5. The monoisotopic (exact) mass is 599 g/mol. The zero-order valence-corrected chi connectivity index (χ0v) is 25.4. The molecule has 0 saturated heterocycles. The number of carbonyl (C=O) groups excluding carboxylic acids is 3. The van der Waals surface area contributed by atoms with E-state index in [0.29, 0.717) is 39.9 Å². The van der Waals surface area contributed by atoms with Crippen molar-refractivity contribution in [3.05, 3.63) is 54.5 Å². The number of carbonyl (C=O) groups is 3. The molecule has 13 nitrogen and oxygen atoms in total. The molecule has 0 spiro atoms. The summed E-state index contributed by atoms with van der Waals surface area (Å²) in [5.41, 5.74) is 3.22. The van der Waals surface area contributed by atoms with Gasteiger partial charge in [0.1, 0.15) is 12.1 Å². The minimum atomic E-state index is -0.669. The fraction of sp³-hybridized carbons (Fsp3) is 0.452. The van der Waals surface area contributed by atoms with Crippen LogP contribution in [0, 0.1) is 6.92 Å². The van der Waals surface area contributed by atoms with Crippen LogP contribution < -0.4 is 10.6 Å². The van der Waals surface area contributed by atoms with Gasteiger partial charge in [-0.2, -0.15) is 10.2 Å². The summed E-state index contributed by atoms with van der Waals surface area (Å²) >= 11 is 0. The van der Waals surface area contributed by atoms with Crippen molar-refractivity contribution in [2.45, 2.75) is 83.9 Å². The minimum absolute atomic E-state index is 0.0431. The van der Waals surface area contributed by atoms with E-state index < -0.39 is 11.7 Å². The topological polar surface area (TPSA) is 149 Å². The van der Waals surface area contributed by atoms with Gasteiger partial charge in [-0.05, 0) is 59.4 Å². The van der Waals surface area contributed by atoms with Crippen LogP contribution in [0.3, 0.4) is 0 Å². The van der Waals surface area contributed by atoms with Crippen LogP contribution in [-0.2, 0) is 9.53 Å². The largest absolute Gasteiger partial charge is 0.444 e.